The Kier molecular flexibility index (Phi) is 8.12. The van der Waals surface area contributed by atoms with Crippen LogP contribution >= 0.6 is 0 Å². The van der Waals surface area contributed by atoms with Crippen LogP contribution in [-0.4, -0.2) is 42.5 Å². The van der Waals surface area contributed by atoms with Gasteiger partial charge in [-0.2, -0.15) is 0 Å². The Morgan fingerprint density at radius 2 is 1.59 bits per heavy atom. The number of nitrogens with one attached hydrogen (secondary N) is 2. The molecule has 2 aromatic rings. The average Bonchev–Trinajstić information content (AvgIpc) is 2.71. The number of esters is 2. The summed E-state index contributed by atoms with van der Waals surface area (Å²) < 4.78 is 10.2. The minimum absolute atomic E-state index is 0.148. The number of carbonyl (C=O) groups is 4. The van der Waals surface area contributed by atoms with Crippen molar-refractivity contribution in [3.8, 4) is 0 Å². The van der Waals surface area contributed by atoms with E-state index in [9.17, 15) is 19.2 Å². The number of amides is 2. The van der Waals surface area contributed by atoms with Gasteiger partial charge in [-0.1, -0.05) is 24.3 Å². The highest BCUT2D eigenvalue weighted by Gasteiger charge is 2.24. The monoisotopic (exact) mass is 440 g/mol. The van der Waals surface area contributed by atoms with Gasteiger partial charge < -0.3 is 20.1 Å². The summed E-state index contributed by atoms with van der Waals surface area (Å²) in [6.07, 6.45) is 0.148. The van der Waals surface area contributed by atoms with E-state index in [1.807, 2.05) is 0 Å². The molecule has 1 atom stereocenters. The molecule has 0 aliphatic heterocycles. The van der Waals surface area contributed by atoms with Crippen LogP contribution in [0.15, 0.2) is 48.5 Å². The third kappa shape index (κ3) is 7.23. The van der Waals surface area contributed by atoms with Crippen LogP contribution < -0.4 is 10.6 Å². The van der Waals surface area contributed by atoms with Crippen LogP contribution in [0.5, 0.6) is 0 Å². The first-order valence-corrected chi connectivity index (χ1v) is 10.1. The highest BCUT2D eigenvalue weighted by Crippen LogP contribution is 2.17. The van der Waals surface area contributed by atoms with Gasteiger partial charge in [0.15, 0.2) is 0 Å². The van der Waals surface area contributed by atoms with E-state index < -0.39 is 29.5 Å². The number of anilines is 1. The van der Waals surface area contributed by atoms with Gasteiger partial charge in [-0.25, -0.2) is 9.59 Å². The van der Waals surface area contributed by atoms with Gasteiger partial charge in [0.1, 0.15) is 11.6 Å². The lowest BCUT2D eigenvalue weighted by molar-refractivity contribution is -0.142. The van der Waals surface area contributed by atoms with Crippen LogP contribution in [0.4, 0.5) is 5.69 Å². The van der Waals surface area contributed by atoms with E-state index in [1.54, 1.807) is 69.3 Å². The number of benzene rings is 2. The second-order valence-corrected chi connectivity index (χ2v) is 8.18. The lowest BCUT2D eigenvalue weighted by Crippen LogP contribution is -2.43. The number of carbonyl (C=O) groups excluding carboxylic acids is 4. The van der Waals surface area contributed by atoms with Gasteiger partial charge in [-0.15, -0.1) is 0 Å². The zero-order chi connectivity index (χ0) is 23.9. The van der Waals surface area contributed by atoms with Crippen molar-refractivity contribution in [2.24, 2.45) is 0 Å². The van der Waals surface area contributed by atoms with Gasteiger partial charge >= 0.3 is 11.9 Å². The third-order valence-corrected chi connectivity index (χ3v) is 4.30. The molecule has 0 radical (unpaired) electrons. The maximum absolute atomic E-state index is 12.8. The lowest BCUT2D eigenvalue weighted by Gasteiger charge is -2.20. The molecular formula is C24H28N2O6. The van der Waals surface area contributed by atoms with E-state index in [0.717, 1.165) is 0 Å². The molecule has 32 heavy (non-hydrogen) atoms. The molecular weight excluding hydrogens is 412 g/mol. The summed E-state index contributed by atoms with van der Waals surface area (Å²) in [5.41, 5.74) is 1.04. The van der Waals surface area contributed by atoms with Crippen molar-refractivity contribution in [2.75, 3.05) is 12.4 Å². The quantitative estimate of drug-likeness (QED) is 0.640. The molecule has 0 saturated heterocycles. The Labute approximate surface area is 187 Å². The van der Waals surface area contributed by atoms with Crippen molar-refractivity contribution in [1.82, 2.24) is 5.32 Å². The van der Waals surface area contributed by atoms with E-state index >= 15 is 0 Å². The third-order valence-electron chi connectivity index (χ3n) is 4.30. The fourth-order valence-corrected chi connectivity index (χ4v) is 2.90. The SMILES string of the molecule is COC(=O)[C@H](Cc1ccc(C(=O)OC(C)(C)C)cc1)NC(=O)c1ccccc1NC(C)=O. The van der Waals surface area contributed by atoms with Crippen molar-refractivity contribution < 1.29 is 28.7 Å². The smallest absolute Gasteiger partial charge is 0.338 e. The van der Waals surface area contributed by atoms with Crippen LogP contribution in [0.2, 0.25) is 0 Å². The first-order chi connectivity index (χ1) is 15.0. The van der Waals surface area contributed by atoms with Gasteiger partial charge in [0.2, 0.25) is 5.91 Å². The Bertz CT molecular complexity index is 992. The number of para-hydroxylation sites is 1. The zero-order valence-electron chi connectivity index (χ0n) is 18.9. The molecule has 170 valence electrons. The Balaban J connectivity index is 2.16. The molecule has 2 amide bonds. The predicted octanol–water partition coefficient (Wildman–Crippen LogP) is 3.11. The molecule has 0 aliphatic carbocycles. The summed E-state index contributed by atoms with van der Waals surface area (Å²) in [5, 5.41) is 5.25. The molecule has 0 saturated carbocycles. The van der Waals surface area contributed by atoms with E-state index in [4.69, 9.17) is 9.47 Å². The number of rotatable bonds is 7. The van der Waals surface area contributed by atoms with Crippen molar-refractivity contribution in [2.45, 2.75) is 45.8 Å². The first kappa shape index (κ1) is 24.6. The molecule has 0 spiro atoms. The number of hydrogen-bond donors (Lipinski definition) is 2. The standard InChI is InChI=1S/C24H28N2O6/c1-15(27)25-19-9-7-6-8-18(19)21(28)26-20(23(30)31-5)14-16-10-12-17(13-11-16)22(29)32-24(2,3)4/h6-13,20H,14H2,1-5H3,(H,25,27)(H,26,28)/t20-/m0/s1. The fourth-order valence-electron chi connectivity index (χ4n) is 2.90. The summed E-state index contributed by atoms with van der Waals surface area (Å²) in [4.78, 5) is 48.7. The maximum Gasteiger partial charge on any atom is 0.338 e. The summed E-state index contributed by atoms with van der Waals surface area (Å²) >= 11 is 0. The van der Waals surface area contributed by atoms with E-state index in [1.165, 1.54) is 14.0 Å². The minimum atomic E-state index is -0.967. The molecule has 8 heteroatoms. The van der Waals surface area contributed by atoms with Crippen molar-refractivity contribution in [3.05, 3.63) is 65.2 Å². The first-order valence-electron chi connectivity index (χ1n) is 10.1. The zero-order valence-corrected chi connectivity index (χ0v) is 18.9. The van der Waals surface area contributed by atoms with Crippen LogP contribution in [0.3, 0.4) is 0 Å². The van der Waals surface area contributed by atoms with Crippen molar-refractivity contribution in [1.29, 1.82) is 0 Å². The van der Waals surface area contributed by atoms with Crippen LogP contribution in [0, 0.1) is 0 Å². The molecule has 2 aromatic carbocycles. The second-order valence-electron chi connectivity index (χ2n) is 8.18. The largest absolute Gasteiger partial charge is 0.467 e. The second kappa shape index (κ2) is 10.6. The van der Waals surface area contributed by atoms with Crippen LogP contribution in [0.25, 0.3) is 0 Å². The molecule has 0 aromatic heterocycles. The topological polar surface area (TPSA) is 111 Å². The van der Waals surface area contributed by atoms with Crippen LogP contribution in [-0.2, 0) is 25.5 Å². The molecule has 0 bridgehead atoms. The summed E-state index contributed by atoms with van der Waals surface area (Å²) in [5.74, 6) is -1.92. The van der Waals surface area contributed by atoms with Gasteiger partial charge in [-0.3, -0.25) is 9.59 Å². The maximum atomic E-state index is 12.8. The minimum Gasteiger partial charge on any atom is -0.467 e. The molecule has 2 N–H and O–H groups in total. The van der Waals surface area contributed by atoms with Crippen LogP contribution in [0.1, 0.15) is 54.0 Å². The normalized spacial score (nSPS) is 11.8. The van der Waals surface area contributed by atoms with Gasteiger partial charge in [-0.05, 0) is 50.6 Å². The lowest BCUT2D eigenvalue weighted by atomic mass is 10.0. The Morgan fingerprint density at radius 1 is 0.969 bits per heavy atom. The predicted molar refractivity (Wildman–Crippen MR) is 119 cm³/mol. The molecule has 0 heterocycles. The van der Waals surface area contributed by atoms with Gasteiger partial charge in [0, 0.05) is 13.3 Å². The summed E-state index contributed by atoms with van der Waals surface area (Å²) in [7, 11) is 1.23. The molecule has 0 unspecified atom stereocenters. The average molecular weight is 440 g/mol. The Hall–Kier alpha value is -3.68. The fraction of sp³-hybridized carbons (Fsp3) is 0.333. The van der Waals surface area contributed by atoms with Gasteiger partial charge in [0.05, 0.1) is 23.9 Å². The van der Waals surface area contributed by atoms with Crippen molar-refractivity contribution in [3.63, 3.8) is 0 Å². The summed E-state index contributed by atoms with van der Waals surface area (Å²) in [6.45, 7) is 6.69. The highest BCUT2D eigenvalue weighted by atomic mass is 16.6. The highest BCUT2D eigenvalue weighted by molar-refractivity contribution is 6.04. The molecule has 0 aliphatic rings. The number of ether oxygens (including phenoxy) is 2. The molecule has 8 nitrogen and oxygen atoms in total. The molecule has 0 fully saturated rings. The number of methoxy groups -OCH3 is 1. The van der Waals surface area contributed by atoms with E-state index in [0.29, 0.717) is 16.8 Å². The molecule has 2 rings (SSSR count). The van der Waals surface area contributed by atoms with Crippen molar-refractivity contribution >= 4 is 29.4 Å². The van der Waals surface area contributed by atoms with E-state index in [2.05, 4.69) is 10.6 Å². The Morgan fingerprint density at radius 3 is 2.16 bits per heavy atom. The van der Waals surface area contributed by atoms with E-state index in [-0.39, 0.29) is 17.9 Å². The van der Waals surface area contributed by atoms with Gasteiger partial charge in [0.25, 0.3) is 5.91 Å². The number of hydrogen-bond acceptors (Lipinski definition) is 6. The summed E-state index contributed by atoms with van der Waals surface area (Å²) in [6, 6.07) is 12.1.